The molecule has 3 rings (SSSR count). The molecule has 26 heavy (non-hydrogen) atoms. The topological polar surface area (TPSA) is 35.6 Å². The summed E-state index contributed by atoms with van der Waals surface area (Å²) in [6, 6.07) is 3.67. The van der Waals surface area contributed by atoms with Crippen molar-refractivity contribution in [3.63, 3.8) is 0 Å². The highest BCUT2D eigenvalue weighted by molar-refractivity contribution is 5.89. The fraction of sp³-hybridized carbons (Fsp3) is 0.650. The fourth-order valence-electron chi connectivity index (χ4n) is 4.21. The van der Waals surface area contributed by atoms with E-state index in [0.29, 0.717) is 6.04 Å². The molecule has 0 aromatic heterocycles. The second-order valence-electron chi connectivity index (χ2n) is 7.85. The van der Waals surface area contributed by atoms with Gasteiger partial charge in [-0.05, 0) is 56.6 Å². The Morgan fingerprint density at radius 2 is 1.77 bits per heavy atom. The molecule has 0 spiro atoms. The minimum Gasteiger partial charge on any atom is -0.325 e. The second-order valence-corrected chi connectivity index (χ2v) is 7.85. The van der Waals surface area contributed by atoms with Crippen LogP contribution in [0, 0.1) is 17.6 Å². The molecule has 1 saturated heterocycles. The van der Waals surface area contributed by atoms with Gasteiger partial charge in [0.2, 0.25) is 0 Å². The number of halogens is 2. The first-order chi connectivity index (χ1) is 12.4. The van der Waals surface area contributed by atoms with Crippen molar-refractivity contribution in [1.82, 2.24) is 9.80 Å². The predicted octanol–water partition coefficient (Wildman–Crippen LogP) is 4.47. The number of hydrogen-bond donors (Lipinski definition) is 1. The van der Waals surface area contributed by atoms with Gasteiger partial charge in [0, 0.05) is 38.3 Å². The smallest absolute Gasteiger partial charge is 0.321 e. The lowest BCUT2D eigenvalue weighted by Crippen LogP contribution is -2.50. The summed E-state index contributed by atoms with van der Waals surface area (Å²) in [5.41, 5.74) is 0.0111. The Kier molecular flexibility index (Phi) is 6.12. The van der Waals surface area contributed by atoms with Crippen LogP contribution in [0.2, 0.25) is 0 Å². The van der Waals surface area contributed by atoms with Gasteiger partial charge in [0.05, 0.1) is 5.69 Å². The minimum absolute atomic E-state index is 0.0111. The molecule has 4 nitrogen and oxygen atoms in total. The predicted molar refractivity (Wildman–Crippen MR) is 99.2 cm³/mol. The largest absolute Gasteiger partial charge is 0.325 e. The van der Waals surface area contributed by atoms with Crippen LogP contribution in [-0.4, -0.2) is 48.1 Å². The molecule has 1 aromatic carbocycles. The summed E-state index contributed by atoms with van der Waals surface area (Å²) >= 11 is 0. The summed E-state index contributed by atoms with van der Waals surface area (Å²) in [5.74, 6) is -0.558. The maximum Gasteiger partial charge on any atom is 0.321 e. The summed E-state index contributed by atoms with van der Waals surface area (Å²) in [7, 11) is 1.75. The molecule has 144 valence electrons. The van der Waals surface area contributed by atoms with Crippen molar-refractivity contribution in [2.24, 2.45) is 5.92 Å². The first kappa shape index (κ1) is 19.1. The van der Waals surface area contributed by atoms with E-state index in [2.05, 4.69) is 17.1 Å². The normalized spacial score (nSPS) is 25.1. The molecule has 0 atom stereocenters. The number of piperidine rings is 1. The van der Waals surface area contributed by atoms with E-state index >= 15 is 0 Å². The fourth-order valence-corrected chi connectivity index (χ4v) is 4.21. The third kappa shape index (κ3) is 4.53. The van der Waals surface area contributed by atoms with Crippen LogP contribution >= 0.6 is 0 Å². The van der Waals surface area contributed by atoms with Crippen molar-refractivity contribution in [1.29, 1.82) is 0 Å². The molecule has 1 aromatic rings. The van der Waals surface area contributed by atoms with Crippen molar-refractivity contribution in [2.75, 3.05) is 25.5 Å². The molecule has 1 aliphatic carbocycles. The van der Waals surface area contributed by atoms with Gasteiger partial charge >= 0.3 is 6.03 Å². The quantitative estimate of drug-likeness (QED) is 0.858. The Morgan fingerprint density at radius 1 is 1.12 bits per heavy atom. The highest BCUT2D eigenvalue weighted by Crippen LogP contribution is 2.29. The lowest BCUT2D eigenvalue weighted by atomic mass is 9.85. The first-order valence-corrected chi connectivity index (χ1v) is 9.67. The van der Waals surface area contributed by atoms with Gasteiger partial charge in [-0.15, -0.1) is 0 Å². The molecule has 1 aliphatic heterocycles. The number of nitrogens with one attached hydrogen (secondary N) is 1. The summed E-state index contributed by atoms with van der Waals surface area (Å²) in [6.07, 6.45) is 7.06. The van der Waals surface area contributed by atoms with Crippen LogP contribution < -0.4 is 5.32 Å². The number of amides is 2. The average molecular weight is 365 g/mol. The van der Waals surface area contributed by atoms with E-state index in [9.17, 15) is 13.6 Å². The molecule has 0 radical (unpaired) electrons. The molecular weight excluding hydrogens is 336 g/mol. The third-order valence-corrected chi connectivity index (χ3v) is 6.04. The highest BCUT2D eigenvalue weighted by atomic mass is 19.1. The number of hydrogen-bond acceptors (Lipinski definition) is 2. The van der Waals surface area contributed by atoms with E-state index in [1.807, 2.05) is 0 Å². The van der Waals surface area contributed by atoms with E-state index in [-0.39, 0.29) is 17.8 Å². The number of urea groups is 1. The van der Waals surface area contributed by atoms with Crippen LogP contribution in [0.5, 0.6) is 0 Å². The maximum atomic E-state index is 13.7. The zero-order chi connectivity index (χ0) is 18.7. The summed E-state index contributed by atoms with van der Waals surface area (Å²) in [5, 5.41) is 2.55. The van der Waals surface area contributed by atoms with E-state index in [1.54, 1.807) is 11.9 Å². The van der Waals surface area contributed by atoms with Gasteiger partial charge in [-0.2, -0.15) is 0 Å². The molecule has 1 heterocycles. The van der Waals surface area contributed by atoms with E-state index in [4.69, 9.17) is 0 Å². The van der Waals surface area contributed by atoms with Gasteiger partial charge in [0.15, 0.2) is 0 Å². The van der Waals surface area contributed by atoms with Gasteiger partial charge in [0.25, 0.3) is 0 Å². The Morgan fingerprint density at radius 3 is 2.38 bits per heavy atom. The number of benzene rings is 1. The van der Waals surface area contributed by atoms with Gasteiger partial charge in [0.1, 0.15) is 11.6 Å². The molecule has 1 saturated carbocycles. The van der Waals surface area contributed by atoms with Crippen molar-refractivity contribution in [2.45, 2.75) is 57.5 Å². The minimum atomic E-state index is -0.756. The summed E-state index contributed by atoms with van der Waals surface area (Å²) < 4.78 is 26.7. The third-order valence-electron chi connectivity index (χ3n) is 6.04. The maximum absolute atomic E-state index is 13.7. The number of nitrogens with zero attached hydrogens (tertiary/aromatic N) is 2. The Hall–Kier alpha value is -1.69. The van der Waals surface area contributed by atoms with Gasteiger partial charge in [-0.3, -0.25) is 0 Å². The van der Waals surface area contributed by atoms with Gasteiger partial charge in [-0.1, -0.05) is 6.92 Å². The van der Waals surface area contributed by atoms with Crippen molar-refractivity contribution >= 4 is 11.7 Å². The molecule has 2 amide bonds. The molecular formula is C20H29F2N3O. The second kappa shape index (κ2) is 8.33. The Balaban J connectivity index is 1.49. The van der Waals surface area contributed by atoms with Crippen molar-refractivity contribution in [3.05, 3.63) is 29.8 Å². The monoisotopic (exact) mass is 365 g/mol. The molecule has 0 unspecified atom stereocenters. The van der Waals surface area contributed by atoms with Crippen molar-refractivity contribution < 1.29 is 13.6 Å². The zero-order valence-electron chi connectivity index (χ0n) is 15.7. The van der Waals surface area contributed by atoms with E-state index in [1.165, 1.54) is 31.7 Å². The van der Waals surface area contributed by atoms with Crippen molar-refractivity contribution in [3.8, 4) is 0 Å². The van der Waals surface area contributed by atoms with Crippen LogP contribution in [0.1, 0.15) is 45.4 Å². The van der Waals surface area contributed by atoms with Crippen LogP contribution in [0.4, 0.5) is 19.3 Å². The van der Waals surface area contributed by atoms with Crippen LogP contribution in [-0.2, 0) is 0 Å². The molecule has 0 bridgehead atoms. The number of anilines is 1. The van der Waals surface area contributed by atoms with Gasteiger partial charge < -0.3 is 15.1 Å². The molecule has 1 N–H and O–H groups in total. The number of carbonyl (C=O) groups excluding carboxylic acids is 1. The van der Waals surface area contributed by atoms with Gasteiger partial charge in [-0.25, -0.2) is 13.6 Å². The van der Waals surface area contributed by atoms with Crippen LogP contribution in [0.3, 0.4) is 0 Å². The summed E-state index contributed by atoms with van der Waals surface area (Å²) in [4.78, 5) is 16.6. The molecule has 6 heteroatoms. The average Bonchev–Trinajstić information content (AvgIpc) is 2.64. The first-order valence-electron chi connectivity index (χ1n) is 9.67. The Bertz CT molecular complexity index is 623. The lowest BCUT2D eigenvalue weighted by molar-refractivity contribution is 0.0844. The number of rotatable bonds is 3. The van der Waals surface area contributed by atoms with Crippen LogP contribution in [0.15, 0.2) is 18.2 Å². The van der Waals surface area contributed by atoms with Crippen LogP contribution in [0.25, 0.3) is 0 Å². The standard InChI is InChI=1S/C20H29F2N3O/c1-14-3-6-17(7-4-14)25-11-9-16(10-12-25)24(2)20(26)23-19-8-5-15(21)13-18(19)22/h5,8,13-14,16-17H,3-4,6-7,9-12H2,1-2H3,(H,23,26). The van der Waals surface area contributed by atoms with E-state index < -0.39 is 11.6 Å². The highest BCUT2D eigenvalue weighted by Gasteiger charge is 2.30. The number of carbonyl (C=O) groups is 1. The molecule has 2 aliphatic rings. The SMILES string of the molecule is CC1CCC(N2CCC(N(C)C(=O)Nc3ccc(F)cc3F)CC2)CC1. The number of likely N-dealkylation sites (tertiary alicyclic amines) is 1. The zero-order valence-corrected chi connectivity index (χ0v) is 15.7. The lowest BCUT2D eigenvalue weighted by Gasteiger charge is -2.42. The van der Waals surface area contributed by atoms with E-state index in [0.717, 1.165) is 44.0 Å². The summed E-state index contributed by atoms with van der Waals surface area (Å²) in [6.45, 7) is 4.35. The Labute approximate surface area is 154 Å². The molecule has 2 fully saturated rings.